The van der Waals surface area contributed by atoms with Crippen molar-refractivity contribution in [3.63, 3.8) is 0 Å². The fourth-order valence-electron chi connectivity index (χ4n) is 9.50. The van der Waals surface area contributed by atoms with Gasteiger partial charge in [0.15, 0.2) is 11.5 Å². The van der Waals surface area contributed by atoms with Crippen LogP contribution in [-0.2, 0) is 18.5 Å². The Morgan fingerprint density at radius 1 is 1.08 bits per heavy atom. The first-order valence-electron chi connectivity index (χ1n) is 17.0. The zero-order valence-corrected chi connectivity index (χ0v) is 27.4. The van der Waals surface area contributed by atoms with Crippen LogP contribution in [0.15, 0.2) is 22.9 Å². The van der Waals surface area contributed by atoms with Gasteiger partial charge in [0.05, 0.1) is 22.6 Å². The number of alkyl halides is 2. The first-order chi connectivity index (χ1) is 23.7. The van der Waals surface area contributed by atoms with Gasteiger partial charge < -0.3 is 14.1 Å². The van der Waals surface area contributed by atoms with E-state index in [0.717, 1.165) is 32.2 Å². The Kier molecular flexibility index (Phi) is 6.39. The Morgan fingerprint density at radius 2 is 1.96 bits per heavy atom. The number of hydrogen-bond acceptors (Lipinski definition) is 10. The number of aryl methyl sites for hydroxylation is 1. The van der Waals surface area contributed by atoms with Crippen LogP contribution < -0.4 is 9.64 Å². The standard InChI is InChI=1S/C34H33ClF3N9O2/c35-22-9-23-20(12-40-43-23)25-19(22)3-4-24-44-45-30(49-24)34(38)14-32(15-34)5-1-7-46(16-32)29-21-11-39-28(25)26(37)27(21)41-31(42-29)48-17-33-6-2-8-47(33)13-18(36)10-33/h9,11-12,18H,1-8,10,13-17H2,(H,40,43)/t18-,32?,33+,34?/m1/s1. The van der Waals surface area contributed by atoms with Gasteiger partial charge in [0.25, 0.3) is 5.89 Å². The average Bonchev–Trinajstić information content (AvgIpc) is 3.86. The van der Waals surface area contributed by atoms with Gasteiger partial charge in [-0.1, -0.05) is 11.6 Å². The number of H-pyrrole nitrogens is 1. The number of benzene rings is 1. The number of fused-ring (bicyclic) bond motifs is 2. The lowest BCUT2D eigenvalue weighted by Gasteiger charge is -2.54. The van der Waals surface area contributed by atoms with E-state index >= 15 is 8.78 Å². The predicted octanol–water partition coefficient (Wildman–Crippen LogP) is 6.04. The molecule has 4 aromatic heterocycles. The first kappa shape index (κ1) is 29.8. The molecule has 12 rings (SSSR count). The van der Waals surface area contributed by atoms with Crippen molar-refractivity contribution >= 4 is 39.2 Å². The summed E-state index contributed by atoms with van der Waals surface area (Å²) in [7, 11) is 0. The molecule has 1 aliphatic carbocycles. The highest BCUT2D eigenvalue weighted by Crippen LogP contribution is 2.60. The average molecular weight is 692 g/mol. The lowest BCUT2D eigenvalue weighted by Crippen LogP contribution is -2.56. The van der Waals surface area contributed by atoms with Crippen LogP contribution in [0.5, 0.6) is 6.01 Å². The van der Waals surface area contributed by atoms with Crippen molar-refractivity contribution in [2.24, 2.45) is 5.41 Å². The molecule has 1 spiro atoms. The number of pyridine rings is 1. The number of rotatable bonds is 3. The van der Waals surface area contributed by atoms with E-state index in [1.54, 1.807) is 18.5 Å². The third-order valence-electron chi connectivity index (χ3n) is 11.6. The SMILES string of the molecule is Fc1c2ncc3c(nc(OC[C@@]45CCCN4C[C@H](F)C5)nc13)N1CCCC3(C1)CC(F)(C3)c1nnc(o1)CCc1c(Cl)cc3[nH]ncc3c1-2. The largest absolute Gasteiger partial charge is 0.461 e. The van der Waals surface area contributed by atoms with E-state index in [0.29, 0.717) is 70.7 Å². The summed E-state index contributed by atoms with van der Waals surface area (Å²) in [4.78, 5) is 18.5. The second kappa shape index (κ2) is 10.5. The summed E-state index contributed by atoms with van der Waals surface area (Å²) in [6.45, 7) is 2.54. The van der Waals surface area contributed by atoms with Crippen molar-refractivity contribution in [3.8, 4) is 17.3 Å². The van der Waals surface area contributed by atoms with Gasteiger partial charge in [-0.3, -0.25) is 15.0 Å². The molecule has 1 saturated carbocycles. The van der Waals surface area contributed by atoms with E-state index in [9.17, 15) is 4.39 Å². The summed E-state index contributed by atoms with van der Waals surface area (Å²) < 4.78 is 60.4. The molecule has 2 atom stereocenters. The minimum atomic E-state index is -1.73. The highest BCUT2D eigenvalue weighted by atomic mass is 35.5. The molecule has 7 aliphatic rings. The summed E-state index contributed by atoms with van der Waals surface area (Å²) in [5, 5.41) is 16.9. The molecule has 0 unspecified atom stereocenters. The van der Waals surface area contributed by atoms with Crippen molar-refractivity contribution in [3.05, 3.63) is 46.6 Å². The molecule has 1 aromatic carbocycles. The second-order valence-corrected chi connectivity index (χ2v) is 15.2. The number of nitrogens with one attached hydrogen (secondary N) is 1. The van der Waals surface area contributed by atoms with E-state index in [1.807, 2.05) is 0 Å². The number of piperidine rings is 1. The van der Waals surface area contributed by atoms with Crippen molar-refractivity contribution in [1.29, 1.82) is 0 Å². The van der Waals surface area contributed by atoms with Gasteiger partial charge in [0.2, 0.25) is 5.89 Å². The Morgan fingerprint density at radius 3 is 2.86 bits per heavy atom. The van der Waals surface area contributed by atoms with Crippen LogP contribution in [0.4, 0.5) is 19.0 Å². The Labute approximate surface area is 283 Å². The fraction of sp³-hybridized carbons (Fsp3) is 0.529. The zero-order valence-electron chi connectivity index (χ0n) is 26.6. The lowest BCUT2D eigenvalue weighted by atomic mass is 9.56. The monoisotopic (exact) mass is 691 g/mol. The van der Waals surface area contributed by atoms with Gasteiger partial charge in [0.1, 0.15) is 29.8 Å². The molecule has 4 fully saturated rings. The van der Waals surface area contributed by atoms with Crippen LogP contribution in [0.1, 0.15) is 62.3 Å². The fourth-order valence-corrected chi connectivity index (χ4v) is 9.80. The quantitative estimate of drug-likeness (QED) is 0.240. The highest BCUT2D eigenvalue weighted by molar-refractivity contribution is 6.33. The number of ether oxygens (including phenoxy) is 1. The highest BCUT2D eigenvalue weighted by Gasteiger charge is 2.60. The summed E-state index contributed by atoms with van der Waals surface area (Å²) in [5.41, 5.74) is -0.716. The molecule has 0 amide bonds. The lowest BCUT2D eigenvalue weighted by molar-refractivity contribution is -0.0963. The predicted molar refractivity (Wildman–Crippen MR) is 174 cm³/mol. The summed E-state index contributed by atoms with van der Waals surface area (Å²) in [5.74, 6) is 0.105. The van der Waals surface area contributed by atoms with Crippen molar-refractivity contribution in [2.45, 2.75) is 75.2 Å². The van der Waals surface area contributed by atoms with Gasteiger partial charge in [0, 0.05) is 54.6 Å². The summed E-state index contributed by atoms with van der Waals surface area (Å²) in [6, 6.07) is 1.76. The minimum Gasteiger partial charge on any atom is -0.461 e. The Bertz CT molecular complexity index is 2150. The van der Waals surface area contributed by atoms with E-state index in [4.69, 9.17) is 30.7 Å². The van der Waals surface area contributed by atoms with E-state index in [-0.39, 0.29) is 60.3 Å². The van der Waals surface area contributed by atoms with E-state index in [1.165, 1.54) is 0 Å². The molecule has 6 aliphatic heterocycles. The first-order valence-corrected chi connectivity index (χ1v) is 17.4. The minimum absolute atomic E-state index is 0.00564. The molecule has 5 aromatic rings. The topological polar surface area (TPSA) is 122 Å². The molecule has 11 nitrogen and oxygen atoms in total. The molecular weight excluding hydrogens is 659 g/mol. The summed E-state index contributed by atoms with van der Waals surface area (Å²) >= 11 is 6.85. The van der Waals surface area contributed by atoms with Crippen LogP contribution in [-0.4, -0.2) is 84.7 Å². The number of hydrogen-bond donors (Lipinski definition) is 1. The molecule has 0 radical (unpaired) electrons. The van der Waals surface area contributed by atoms with Gasteiger partial charge in [-0.2, -0.15) is 15.1 Å². The van der Waals surface area contributed by atoms with Gasteiger partial charge >= 0.3 is 6.01 Å². The van der Waals surface area contributed by atoms with Gasteiger partial charge in [-0.05, 0) is 68.5 Å². The second-order valence-electron chi connectivity index (χ2n) is 14.8. The van der Waals surface area contributed by atoms with E-state index in [2.05, 4.69) is 35.2 Å². The van der Waals surface area contributed by atoms with Gasteiger partial charge in [-0.25, -0.2) is 13.2 Å². The number of anilines is 1. The third kappa shape index (κ3) is 4.51. The van der Waals surface area contributed by atoms with Crippen LogP contribution in [0.2, 0.25) is 5.02 Å². The maximum absolute atomic E-state index is 17.2. The number of nitrogens with zero attached hydrogens (tertiary/aromatic N) is 8. The maximum Gasteiger partial charge on any atom is 0.319 e. The van der Waals surface area contributed by atoms with Crippen LogP contribution in [0, 0.1) is 11.2 Å². The molecule has 9 bridgehead atoms. The van der Waals surface area contributed by atoms with Crippen molar-refractivity contribution in [2.75, 3.05) is 37.7 Å². The van der Waals surface area contributed by atoms with Crippen molar-refractivity contribution < 1.29 is 22.3 Å². The Balaban J connectivity index is 1.16. The normalized spacial score (nSPS) is 29.4. The van der Waals surface area contributed by atoms with E-state index < -0.39 is 23.2 Å². The zero-order chi connectivity index (χ0) is 33.1. The number of halogens is 4. The smallest absolute Gasteiger partial charge is 0.319 e. The van der Waals surface area contributed by atoms with Crippen LogP contribution >= 0.6 is 11.6 Å². The molecule has 10 heterocycles. The molecular formula is C34H33ClF3N9O2. The molecule has 15 heteroatoms. The molecule has 254 valence electrons. The molecule has 3 saturated heterocycles. The Hall–Kier alpha value is -4.04. The van der Waals surface area contributed by atoms with Crippen LogP contribution in [0.25, 0.3) is 33.1 Å². The number of aromatic amines is 1. The third-order valence-corrected chi connectivity index (χ3v) is 12.0. The van der Waals surface area contributed by atoms with Gasteiger partial charge in [-0.15, -0.1) is 10.2 Å². The van der Waals surface area contributed by atoms with Crippen LogP contribution in [0.3, 0.4) is 0 Å². The number of aromatic nitrogens is 7. The maximum atomic E-state index is 17.2. The molecule has 49 heavy (non-hydrogen) atoms. The summed E-state index contributed by atoms with van der Waals surface area (Å²) in [6.07, 6.45) is 7.11. The molecule has 1 N–H and O–H groups in total. The van der Waals surface area contributed by atoms with Crippen molar-refractivity contribution in [1.82, 2.24) is 40.2 Å².